The number of hydrogen-bond donors (Lipinski definition) is 0. The predicted octanol–water partition coefficient (Wildman–Crippen LogP) is 5.20. The van der Waals surface area contributed by atoms with Crippen LogP contribution >= 0.6 is 0 Å². The van der Waals surface area contributed by atoms with Crippen molar-refractivity contribution in [2.75, 3.05) is 0 Å². The molecule has 0 spiro atoms. The minimum atomic E-state index is -0.255. The fourth-order valence-electron chi connectivity index (χ4n) is 4.79. The Morgan fingerprint density at radius 3 is 2.00 bits per heavy atom. The van der Waals surface area contributed by atoms with Crippen molar-refractivity contribution in [2.45, 2.75) is 6.42 Å². The summed E-state index contributed by atoms with van der Waals surface area (Å²) in [6, 6.07) is 22.4. The predicted molar refractivity (Wildman–Crippen MR) is 121 cm³/mol. The van der Waals surface area contributed by atoms with Gasteiger partial charge < -0.3 is 4.74 Å². The van der Waals surface area contributed by atoms with Crippen LogP contribution in [0.4, 0.5) is 0 Å². The van der Waals surface area contributed by atoms with E-state index in [1.165, 1.54) is 0 Å². The monoisotopic (exact) mass is 414 g/mol. The summed E-state index contributed by atoms with van der Waals surface area (Å²) < 4.78 is 6.25. The van der Waals surface area contributed by atoms with Crippen LogP contribution in [0.1, 0.15) is 26.3 Å². The number of fused-ring (bicyclic) bond motifs is 8. The number of para-hydroxylation sites is 2. The lowest BCUT2D eigenvalue weighted by molar-refractivity contribution is 0.0931. The van der Waals surface area contributed by atoms with E-state index in [0.717, 1.165) is 32.9 Å². The summed E-state index contributed by atoms with van der Waals surface area (Å²) >= 11 is 0. The Hall–Kier alpha value is -4.38. The molecule has 5 nitrogen and oxygen atoms in total. The molecule has 0 fully saturated rings. The Kier molecular flexibility index (Phi) is 3.29. The van der Waals surface area contributed by atoms with Crippen LogP contribution in [0.25, 0.3) is 32.8 Å². The van der Waals surface area contributed by atoms with Crippen LogP contribution < -0.4 is 4.74 Å². The second-order valence-electron chi connectivity index (χ2n) is 8.05. The lowest BCUT2D eigenvalue weighted by atomic mass is 9.83. The van der Waals surface area contributed by atoms with Gasteiger partial charge in [-0.25, -0.2) is 9.97 Å². The highest BCUT2D eigenvalue weighted by molar-refractivity contribution is 6.27. The van der Waals surface area contributed by atoms with Gasteiger partial charge in [-0.15, -0.1) is 0 Å². The average molecular weight is 414 g/mol. The molecule has 0 amide bonds. The van der Waals surface area contributed by atoms with Gasteiger partial charge in [0.2, 0.25) is 5.78 Å². The van der Waals surface area contributed by atoms with Gasteiger partial charge in [-0.05, 0) is 12.1 Å². The van der Waals surface area contributed by atoms with E-state index in [2.05, 4.69) is 0 Å². The van der Waals surface area contributed by atoms with Crippen LogP contribution in [0.2, 0.25) is 0 Å². The lowest BCUT2D eigenvalue weighted by Gasteiger charge is -2.28. The average Bonchev–Trinajstić information content (AvgIpc) is 2.85. The highest BCUT2D eigenvalue weighted by atomic mass is 16.5. The molecule has 0 bridgehead atoms. The largest absolute Gasteiger partial charge is 0.452 e. The third kappa shape index (κ3) is 2.17. The van der Waals surface area contributed by atoms with Gasteiger partial charge in [0.05, 0.1) is 27.6 Å². The molecule has 2 aliphatic rings. The van der Waals surface area contributed by atoms with Crippen molar-refractivity contribution < 1.29 is 14.3 Å². The van der Waals surface area contributed by atoms with Crippen LogP contribution in [-0.4, -0.2) is 21.5 Å². The Bertz CT molecular complexity index is 1720. The Labute approximate surface area is 182 Å². The first-order valence-electron chi connectivity index (χ1n) is 10.4. The summed E-state index contributed by atoms with van der Waals surface area (Å²) in [7, 11) is 0. The molecule has 0 saturated carbocycles. The molecule has 5 heteroatoms. The van der Waals surface area contributed by atoms with E-state index >= 15 is 0 Å². The van der Waals surface area contributed by atoms with Gasteiger partial charge in [-0.1, -0.05) is 60.7 Å². The molecule has 150 valence electrons. The van der Waals surface area contributed by atoms with Crippen molar-refractivity contribution in [3.8, 4) is 5.75 Å². The van der Waals surface area contributed by atoms with Crippen LogP contribution in [0.3, 0.4) is 0 Å². The zero-order valence-corrected chi connectivity index (χ0v) is 16.8. The van der Waals surface area contributed by atoms with Gasteiger partial charge >= 0.3 is 0 Å². The number of hydrogen-bond acceptors (Lipinski definition) is 5. The van der Waals surface area contributed by atoms with E-state index in [1.54, 1.807) is 24.3 Å². The number of allylic oxidation sites excluding steroid dienone is 2. The standard InChI is InChI=1S/C27H14N2O3/c30-24-15-8-2-3-9-16(15)25(31)27-19(24)13-18-23-22(28-20-11-5-6-12-21(20)29-23)14-7-1-4-10-17(14)26(18)32-27/h1-12H,13H2. The van der Waals surface area contributed by atoms with Crippen molar-refractivity contribution in [1.29, 1.82) is 0 Å². The molecule has 4 aromatic carbocycles. The highest BCUT2D eigenvalue weighted by Crippen LogP contribution is 2.44. The summed E-state index contributed by atoms with van der Waals surface area (Å²) in [4.78, 5) is 36.3. The minimum absolute atomic E-state index is 0.124. The van der Waals surface area contributed by atoms with Crippen LogP contribution in [0, 0.1) is 0 Å². The fourth-order valence-corrected chi connectivity index (χ4v) is 4.79. The van der Waals surface area contributed by atoms with Gasteiger partial charge in [-0.2, -0.15) is 0 Å². The van der Waals surface area contributed by atoms with Gasteiger partial charge in [0.15, 0.2) is 11.5 Å². The maximum atomic E-state index is 13.3. The van der Waals surface area contributed by atoms with E-state index in [4.69, 9.17) is 14.7 Å². The van der Waals surface area contributed by atoms with Crippen molar-refractivity contribution >= 4 is 44.4 Å². The van der Waals surface area contributed by atoms with Crippen LogP contribution in [-0.2, 0) is 6.42 Å². The van der Waals surface area contributed by atoms with E-state index in [9.17, 15) is 9.59 Å². The first kappa shape index (κ1) is 17.3. The van der Waals surface area contributed by atoms with Crippen molar-refractivity contribution in [3.63, 3.8) is 0 Å². The molecular weight excluding hydrogens is 400 g/mol. The third-order valence-electron chi connectivity index (χ3n) is 6.29. The molecule has 32 heavy (non-hydrogen) atoms. The number of ether oxygens (including phenoxy) is 1. The van der Waals surface area contributed by atoms with E-state index in [0.29, 0.717) is 28.0 Å². The molecule has 1 aliphatic carbocycles. The Balaban J connectivity index is 1.56. The maximum Gasteiger partial charge on any atom is 0.229 e. The summed E-state index contributed by atoms with van der Waals surface area (Å²) in [6.45, 7) is 0. The summed E-state index contributed by atoms with van der Waals surface area (Å²) in [5.41, 5.74) is 5.02. The molecule has 0 radical (unpaired) electrons. The smallest absolute Gasteiger partial charge is 0.229 e. The molecule has 1 aliphatic heterocycles. The summed E-state index contributed by atoms with van der Waals surface area (Å²) in [5.74, 6) is 0.280. The number of carbonyl (C=O) groups excluding carboxylic acids is 2. The second-order valence-corrected chi connectivity index (χ2v) is 8.05. The van der Waals surface area contributed by atoms with Crippen molar-refractivity contribution in [3.05, 3.63) is 101 Å². The Morgan fingerprint density at radius 2 is 1.25 bits per heavy atom. The Morgan fingerprint density at radius 1 is 0.656 bits per heavy atom. The maximum absolute atomic E-state index is 13.3. The number of aromatic nitrogens is 2. The van der Waals surface area contributed by atoms with Crippen molar-refractivity contribution in [2.24, 2.45) is 0 Å². The number of Topliss-reactive ketones (excluding diaryl/α,β-unsaturated/α-hetero) is 2. The lowest BCUT2D eigenvalue weighted by Crippen LogP contribution is -2.29. The zero-order valence-electron chi connectivity index (χ0n) is 16.8. The molecule has 1 aromatic heterocycles. The normalized spacial score (nSPS) is 15.0. The van der Waals surface area contributed by atoms with Gasteiger partial charge in [0.1, 0.15) is 5.75 Å². The van der Waals surface area contributed by atoms with E-state index < -0.39 is 0 Å². The topological polar surface area (TPSA) is 69.2 Å². The quantitative estimate of drug-likeness (QED) is 0.257. The van der Waals surface area contributed by atoms with Crippen molar-refractivity contribution in [1.82, 2.24) is 9.97 Å². The van der Waals surface area contributed by atoms with Crippen LogP contribution in [0.15, 0.2) is 84.1 Å². The van der Waals surface area contributed by atoms with Gasteiger partial charge in [0.25, 0.3) is 0 Å². The first-order valence-corrected chi connectivity index (χ1v) is 10.4. The zero-order chi connectivity index (χ0) is 21.4. The molecule has 7 rings (SSSR count). The molecule has 5 aromatic rings. The summed E-state index contributed by atoms with van der Waals surface area (Å²) in [5, 5.41) is 1.75. The highest BCUT2D eigenvalue weighted by Gasteiger charge is 2.38. The third-order valence-corrected chi connectivity index (χ3v) is 6.29. The molecular formula is C27H14N2O3. The fraction of sp³-hybridized carbons (Fsp3) is 0.0370. The molecule has 0 N–H and O–H groups in total. The van der Waals surface area contributed by atoms with E-state index in [1.807, 2.05) is 48.5 Å². The number of nitrogens with zero attached hydrogens (tertiary/aromatic N) is 2. The summed E-state index contributed by atoms with van der Waals surface area (Å²) in [6.07, 6.45) is 0.276. The van der Waals surface area contributed by atoms with Crippen LogP contribution in [0.5, 0.6) is 5.75 Å². The number of rotatable bonds is 0. The molecule has 0 unspecified atom stereocenters. The number of ketones is 2. The van der Waals surface area contributed by atoms with Gasteiger partial charge in [-0.3, -0.25) is 9.59 Å². The molecule has 0 saturated heterocycles. The minimum Gasteiger partial charge on any atom is -0.452 e. The number of benzene rings is 4. The van der Waals surface area contributed by atoms with Gasteiger partial charge in [0, 0.05) is 33.9 Å². The SMILES string of the molecule is O=C1C2=C(Oc3c(c4nc5ccccc5nc4c4ccccc34)C2)C(=O)c2ccccc21. The second kappa shape index (κ2) is 6.08. The molecule has 0 atom stereocenters. The number of carbonyl (C=O) groups is 2. The first-order chi connectivity index (χ1) is 15.7. The molecule has 2 heterocycles. The van der Waals surface area contributed by atoms with E-state index in [-0.39, 0.29) is 23.7 Å².